The molecule has 0 spiro atoms. The summed E-state index contributed by atoms with van der Waals surface area (Å²) in [7, 11) is 0. The molecule has 0 aliphatic rings. The van der Waals surface area contributed by atoms with E-state index in [2.05, 4.69) is 0 Å². The van der Waals surface area contributed by atoms with Gasteiger partial charge in [-0.2, -0.15) is 0 Å². The van der Waals surface area contributed by atoms with E-state index in [1.54, 1.807) is 6.07 Å². The summed E-state index contributed by atoms with van der Waals surface area (Å²) >= 11 is 6.05. The van der Waals surface area contributed by atoms with Crippen LogP contribution < -0.4 is 0 Å². The van der Waals surface area contributed by atoms with Gasteiger partial charge in [-0.1, -0.05) is 37.6 Å². The third-order valence-electron chi connectivity index (χ3n) is 2.60. The Morgan fingerprint density at radius 2 is 2.06 bits per heavy atom. The fourth-order valence-corrected chi connectivity index (χ4v) is 2.15. The Labute approximate surface area is 99.2 Å². The van der Waals surface area contributed by atoms with Gasteiger partial charge in [0.2, 0.25) is 0 Å². The minimum Gasteiger partial charge on any atom is -0.451 e. The quantitative estimate of drug-likeness (QED) is 0.723. The van der Waals surface area contributed by atoms with Gasteiger partial charge < -0.3 is 4.42 Å². The number of halogens is 1. The first-order chi connectivity index (χ1) is 7.52. The maximum absolute atomic E-state index is 11.5. The molecule has 0 fully saturated rings. The van der Waals surface area contributed by atoms with Crippen LogP contribution in [0.2, 0.25) is 5.02 Å². The number of hydrogen-bond donors (Lipinski definition) is 0. The average Bonchev–Trinajstić information content (AvgIpc) is 2.58. The van der Waals surface area contributed by atoms with Crippen LogP contribution in [0, 0.1) is 0 Å². The minimum absolute atomic E-state index is 0.0593. The molecule has 0 atom stereocenters. The molecule has 0 N–H and O–H groups in total. The number of hydrogen-bond acceptors (Lipinski definition) is 2. The third-order valence-corrected chi connectivity index (χ3v) is 2.90. The number of fused-ring (bicyclic) bond motifs is 1. The van der Waals surface area contributed by atoms with Crippen molar-refractivity contribution in [3.8, 4) is 0 Å². The van der Waals surface area contributed by atoms with Crippen LogP contribution in [-0.4, -0.2) is 5.78 Å². The third kappa shape index (κ3) is 1.63. The topological polar surface area (TPSA) is 30.2 Å². The minimum atomic E-state index is -0.0593. The van der Waals surface area contributed by atoms with Crippen LogP contribution in [0.3, 0.4) is 0 Å². The van der Waals surface area contributed by atoms with Crippen LogP contribution in [0.25, 0.3) is 11.0 Å². The van der Waals surface area contributed by atoms with Gasteiger partial charge in [-0.05, 0) is 12.0 Å². The molecule has 1 aromatic carbocycles. The normalized spacial score (nSPS) is 11.3. The Morgan fingerprint density at radius 1 is 1.38 bits per heavy atom. The maximum atomic E-state index is 11.5. The van der Waals surface area contributed by atoms with Crippen molar-refractivity contribution >= 4 is 28.4 Å². The summed E-state index contributed by atoms with van der Waals surface area (Å²) in [6.07, 6.45) is 0. The lowest BCUT2D eigenvalue weighted by Gasteiger charge is -2.03. The highest BCUT2D eigenvalue weighted by Crippen LogP contribution is 2.35. The molecule has 2 nitrogen and oxygen atoms in total. The van der Waals surface area contributed by atoms with Crippen molar-refractivity contribution in [2.24, 2.45) is 0 Å². The molecule has 1 aromatic heterocycles. The first-order valence-electron chi connectivity index (χ1n) is 5.24. The fraction of sp³-hybridized carbons (Fsp3) is 0.308. The number of furan rings is 1. The highest BCUT2D eigenvalue weighted by Gasteiger charge is 2.20. The lowest BCUT2D eigenvalue weighted by atomic mass is 9.98. The predicted molar refractivity (Wildman–Crippen MR) is 65.3 cm³/mol. The van der Waals surface area contributed by atoms with Crippen LogP contribution in [0.5, 0.6) is 0 Å². The number of rotatable bonds is 2. The van der Waals surface area contributed by atoms with Gasteiger partial charge in [0, 0.05) is 17.9 Å². The molecule has 0 aliphatic carbocycles. The van der Waals surface area contributed by atoms with Crippen molar-refractivity contribution in [1.82, 2.24) is 0 Å². The number of Topliss-reactive ketones (excluding diaryl/α,β-unsaturated/α-hetero) is 1. The molecule has 16 heavy (non-hydrogen) atoms. The molecule has 0 saturated carbocycles. The second-order valence-corrected chi connectivity index (χ2v) is 4.58. The second kappa shape index (κ2) is 3.95. The molecule has 3 heteroatoms. The molecule has 1 heterocycles. The lowest BCUT2D eigenvalue weighted by Crippen LogP contribution is -1.97. The smallest absolute Gasteiger partial charge is 0.195 e. The summed E-state index contributed by atoms with van der Waals surface area (Å²) in [5.41, 5.74) is 1.56. The average molecular weight is 237 g/mol. The van der Waals surface area contributed by atoms with E-state index in [1.807, 2.05) is 26.0 Å². The van der Waals surface area contributed by atoms with Crippen molar-refractivity contribution < 1.29 is 9.21 Å². The van der Waals surface area contributed by atoms with E-state index >= 15 is 0 Å². The van der Waals surface area contributed by atoms with Crippen molar-refractivity contribution in [2.75, 3.05) is 0 Å². The zero-order valence-corrected chi connectivity index (χ0v) is 10.3. The zero-order valence-electron chi connectivity index (χ0n) is 9.50. The molecular weight excluding hydrogens is 224 g/mol. The van der Waals surface area contributed by atoms with Gasteiger partial charge in [0.1, 0.15) is 0 Å². The second-order valence-electron chi connectivity index (χ2n) is 4.17. The monoisotopic (exact) mass is 236 g/mol. The SMILES string of the molecule is CC(=O)c1oc2c(Cl)cccc2c1C(C)C. The molecule has 2 rings (SSSR count). The molecule has 2 aromatic rings. The van der Waals surface area contributed by atoms with Crippen LogP contribution in [0.1, 0.15) is 42.8 Å². The number of carbonyl (C=O) groups is 1. The Kier molecular flexibility index (Phi) is 2.76. The summed E-state index contributed by atoms with van der Waals surface area (Å²) in [4.78, 5) is 11.5. The van der Waals surface area contributed by atoms with Crippen LogP contribution in [0.4, 0.5) is 0 Å². The van der Waals surface area contributed by atoms with E-state index in [0.717, 1.165) is 10.9 Å². The van der Waals surface area contributed by atoms with Crippen molar-refractivity contribution in [3.63, 3.8) is 0 Å². The Balaban J connectivity index is 2.86. The van der Waals surface area contributed by atoms with Gasteiger partial charge >= 0.3 is 0 Å². The van der Waals surface area contributed by atoms with Crippen molar-refractivity contribution in [1.29, 1.82) is 0 Å². The van der Waals surface area contributed by atoms with Crippen LogP contribution in [0.15, 0.2) is 22.6 Å². The Bertz CT molecular complexity index is 552. The number of para-hydroxylation sites is 1. The molecular formula is C13H13ClO2. The van der Waals surface area contributed by atoms with E-state index < -0.39 is 0 Å². The van der Waals surface area contributed by atoms with E-state index in [4.69, 9.17) is 16.0 Å². The van der Waals surface area contributed by atoms with E-state index in [1.165, 1.54) is 6.92 Å². The van der Waals surface area contributed by atoms with Gasteiger partial charge in [-0.15, -0.1) is 0 Å². The van der Waals surface area contributed by atoms with Gasteiger partial charge in [-0.3, -0.25) is 4.79 Å². The van der Waals surface area contributed by atoms with Crippen molar-refractivity contribution in [3.05, 3.63) is 34.5 Å². The maximum Gasteiger partial charge on any atom is 0.195 e. The summed E-state index contributed by atoms with van der Waals surface area (Å²) in [5, 5.41) is 1.49. The molecule has 0 radical (unpaired) electrons. The molecule has 0 saturated heterocycles. The van der Waals surface area contributed by atoms with Gasteiger partial charge in [-0.25, -0.2) is 0 Å². The number of ketones is 1. The highest BCUT2D eigenvalue weighted by molar-refractivity contribution is 6.35. The van der Waals surface area contributed by atoms with Crippen LogP contribution >= 0.6 is 11.6 Å². The largest absolute Gasteiger partial charge is 0.451 e. The van der Waals surface area contributed by atoms with E-state index in [9.17, 15) is 4.79 Å². The molecule has 0 bridgehead atoms. The van der Waals surface area contributed by atoms with Crippen LogP contribution in [-0.2, 0) is 0 Å². The van der Waals surface area contributed by atoms with E-state index in [-0.39, 0.29) is 11.7 Å². The molecule has 0 amide bonds. The predicted octanol–water partition coefficient (Wildman–Crippen LogP) is 4.41. The first kappa shape index (κ1) is 11.2. The molecule has 0 unspecified atom stereocenters. The first-order valence-corrected chi connectivity index (χ1v) is 5.62. The van der Waals surface area contributed by atoms with E-state index in [0.29, 0.717) is 16.4 Å². The summed E-state index contributed by atoms with van der Waals surface area (Å²) in [6, 6.07) is 5.57. The summed E-state index contributed by atoms with van der Waals surface area (Å²) in [6.45, 7) is 5.59. The fourth-order valence-electron chi connectivity index (χ4n) is 1.94. The molecule has 84 valence electrons. The van der Waals surface area contributed by atoms with Gasteiger partial charge in [0.05, 0.1) is 5.02 Å². The van der Waals surface area contributed by atoms with Gasteiger partial charge in [0.15, 0.2) is 17.1 Å². The Hall–Kier alpha value is -1.28. The number of benzene rings is 1. The summed E-state index contributed by atoms with van der Waals surface area (Å²) < 4.78 is 5.57. The zero-order chi connectivity index (χ0) is 11.9. The summed E-state index contributed by atoms with van der Waals surface area (Å²) in [5.74, 6) is 0.604. The highest BCUT2D eigenvalue weighted by atomic mass is 35.5. The molecule has 0 aliphatic heterocycles. The van der Waals surface area contributed by atoms with Crippen molar-refractivity contribution in [2.45, 2.75) is 26.7 Å². The lowest BCUT2D eigenvalue weighted by molar-refractivity contribution is 0.0987. The number of carbonyl (C=O) groups excluding carboxylic acids is 1. The standard InChI is InChI=1S/C13H13ClO2/c1-7(2)11-9-5-4-6-10(14)13(9)16-12(11)8(3)15/h4-7H,1-3H3. The Morgan fingerprint density at radius 3 is 2.62 bits per heavy atom. The van der Waals surface area contributed by atoms with Gasteiger partial charge in [0.25, 0.3) is 0 Å².